The molecule has 1 saturated heterocycles. The van der Waals surface area contributed by atoms with Crippen molar-refractivity contribution >= 4 is 29.0 Å². The van der Waals surface area contributed by atoms with Gasteiger partial charge in [0.1, 0.15) is 0 Å². The molecule has 7 nitrogen and oxygen atoms in total. The molecule has 1 aliphatic heterocycles. The van der Waals surface area contributed by atoms with Crippen LogP contribution in [0.1, 0.15) is 37.0 Å². The zero-order valence-electron chi connectivity index (χ0n) is 19.2. The van der Waals surface area contributed by atoms with Gasteiger partial charge >= 0.3 is 6.03 Å². The van der Waals surface area contributed by atoms with Crippen LogP contribution in [-0.4, -0.2) is 48.5 Å². The highest BCUT2D eigenvalue weighted by Gasteiger charge is 2.29. The Morgan fingerprint density at radius 2 is 1.59 bits per heavy atom. The summed E-state index contributed by atoms with van der Waals surface area (Å²) in [6.45, 7) is 5.96. The lowest BCUT2D eigenvalue weighted by Crippen LogP contribution is -2.50. The minimum Gasteiger partial charge on any atom is -0.493 e. The number of carbonyl (C=O) groups excluding carboxylic acids is 1. The number of rotatable bonds is 7. The van der Waals surface area contributed by atoms with E-state index < -0.39 is 0 Å². The molecule has 0 saturated carbocycles. The fourth-order valence-electron chi connectivity index (χ4n) is 3.96. The molecule has 0 aliphatic carbocycles. The molecule has 8 heteroatoms. The third-order valence-corrected chi connectivity index (χ3v) is 6.00. The smallest absolute Gasteiger partial charge is 0.340 e. The minimum atomic E-state index is -0.166. The highest BCUT2D eigenvalue weighted by molar-refractivity contribution is 7.80. The Labute approximate surface area is 195 Å². The number of para-hydroxylation sites is 2. The van der Waals surface area contributed by atoms with Crippen LogP contribution in [0.25, 0.3) is 0 Å². The summed E-state index contributed by atoms with van der Waals surface area (Å²) in [6.07, 6.45) is 2.57. The van der Waals surface area contributed by atoms with E-state index in [2.05, 4.69) is 36.6 Å². The van der Waals surface area contributed by atoms with Gasteiger partial charge < -0.3 is 20.1 Å². The molecule has 1 heterocycles. The van der Waals surface area contributed by atoms with Crippen molar-refractivity contribution in [2.24, 2.45) is 0 Å². The zero-order valence-corrected chi connectivity index (χ0v) is 20.1. The lowest BCUT2D eigenvalue weighted by Gasteiger charge is -2.31. The first-order chi connectivity index (χ1) is 15.5. The molecule has 2 aromatic rings. The number of urea groups is 1. The maximum atomic E-state index is 13.2. The van der Waals surface area contributed by atoms with Gasteiger partial charge in [-0.3, -0.25) is 5.01 Å². The molecular weight excluding hydrogens is 424 g/mol. The lowest BCUT2D eigenvalue weighted by molar-refractivity contribution is 0.136. The van der Waals surface area contributed by atoms with Gasteiger partial charge in [-0.15, -0.1) is 0 Å². The molecule has 0 aromatic heterocycles. The topological polar surface area (TPSA) is 66.1 Å². The minimum absolute atomic E-state index is 0.166. The zero-order chi connectivity index (χ0) is 23.1. The van der Waals surface area contributed by atoms with Gasteiger partial charge in [-0.25, -0.2) is 9.80 Å². The Hall–Kier alpha value is -3.00. The van der Waals surface area contributed by atoms with Crippen LogP contribution in [0.4, 0.5) is 10.5 Å². The molecule has 1 aliphatic rings. The second-order valence-corrected chi connectivity index (χ2v) is 7.89. The molecule has 172 valence electrons. The quantitative estimate of drug-likeness (QED) is 0.604. The van der Waals surface area contributed by atoms with Gasteiger partial charge in [0.2, 0.25) is 0 Å². The molecule has 2 N–H and O–H groups in total. The molecule has 2 aromatic carbocycles. The Balaban J connectivity index is 1.69. The average Bonchev–Trinajstić information content (AvgIpc) is 3.32. The number of methoxy groups -OCH3 is 2. The maximum Gasteiger partial charge on any atom is 0.340 e. The summed E-state index contributed by atoms with van der Waals surface area (Å²) in [7, 11) is 3.23. The van der Waals surface area contributed by atoms with Gasteiger partial charge in [0.15, 0.2) is 16.6 Å². The standard InChI is InChI=1S/C24H32N4O3S/c1-5-17-10-7-11-18(6-2)21(17)26-23(29)27-14-9-15-28(27)24(32)25-16-19-12-8-13-20(30-3)22(19)31-4/h7-8,10-13H,5-6,9,14-16H2,1-4H3,(H,25,32)(H,26,29). The fraction of sp³-hybridized carbons (Fsp3) is 0.417. The summed E-state index contributed by atoms with van der Waals surface area (Å²) >= 11 is 5.63. The van der Waals surface area contributed by atoms with Gasteiger partial charge in [0.25, 0.3) is 0 Å². The first kappa shape index (κ1) is 23.7. The first-order valence-corrected chi connectivity index (χ1v) is 11.4. The summed E-state index contributed by atoms with van der Waals surface area (Å²) in [5, 5.41) is 10.4. The van der Waals surface area contributed by atoms with Gasteiger partial charge in [-0.05, 0) is 48.7 Å². The molecule has 1 fully saturated rings. The van der Waals surface area contributed by atoms with Crippen LogP contribution >= 0.6 is 12.2 Å². The van der Waals surface area contributed by atoms with Crippen LogP contribution in [0, 0.1) is 0 Å². The summed E-state index contributed by atoms with van der Waals surface area (Å²) < 4.78 is 10.9. The van der Waals surface area contributed by atoms with Crippen LogP contribution < -0.4 is 20.1 Å². The van der Waals surface area contributed by atoms with Gasteiger partial charge in [-0.2, -0.15) is 0 Å². The number of nitrogens with one attached hydrogen (secondary N) is 2. The third-order valence-electron chi connectivity index (χ3n) is 5.65. The average molecular weight is 457 g/mol. The molecule has 0 spiro atoms. The predicted octanol–water partition coefficient (Wildman–Crippen LogP) is 4.36. The summed E-state index contributed by atoms with van der Waals surface area (Å²) in [5.74, 6) is 1.34. The SMILES string of the molecule is CCc1cccc(CC)c1NC(=O)N1CCCN1C(=S)NCc1cccc(OC)c1OC. The van der Waals surface area contributed by atoms with Crippen molar-refractivity contribution < 1.29 is 14.3 Å². The number of benzene rings is 2. The van der Waals surface area contributed by atoms with E-state index in [1.54, 1.807) is 19.2 Å². The van der Waals surface area contributed by atoms with E-state index in [1.165, 1.54) is 0 Å². The number of hydrogen-bond acceptors (Lipinski definition) is 4. The number of amides is 2. The van der Waals surface area contributed by atoms with E-state index in [1.807, 2.05) is 29.3 Å². The first-order valence-electron chi connectivity index (χ1n) is 11.0. The molecule has 0 atom stereocenters. The molecule has 3 rings (SSSR count). The predicted molar refractivity (Wildman–Crippen MR) is 131 cm³/mol. The van der Waals surface area contributed by atoms with Crippen LogP contribution in [0.2, 0.25) is 0 Å². The monoisotopic (exact) mass is 456 g/mol. The number of carbonyl (C=O) groups is 1. The third kappa shape index (κ3) is 5.07. The van der Waals surface area contributed by atoms with Crippen molar-refractivity contribution in [1.82, 2.24) is 15.3 Å². The Morgan fingerprint density at radius 1 is 0.969 bits per heavy atom. The lowest BCUT2D eigenvalue weighted by atomic mass is 10.0. The number of nitrogens with zero attached hydrogens (tertiary/aromatic N) is 2. The van der Waals surface area contributed by atoms with Gasteiger partial charge in [-0.1, -0.05) is 44.2 Å². The number of anilines is 1. The fourth-order valence-corrected chi connectivity index (χ4v) is 4.23. The van der Waals surface area contributed by atoms with E-state index >= 15 is 0 Å². The molecular formula is C24H32N4O3S. The molecule has 0 radical (unpaired) electrons. The number of thiocarbonyl (C=S) groups is 1. The van der Waals surface area contributed by atoms with Crippen molar-refractivity contribution in [1.29, 1.82) is 0 Å². The molecule has 2 amide bonds. The molecule has 32 heavy (non-hydrogen) atoms. The Kier molecular flexibility index (Phi) is 8.16. The van der Waals surface area contributed by atoms with E-state index in [4.69, 9.17) is 21.7 Å². The van der Waals surface area contributed by atoms with E-state index in [9.17, 15) is 4.79 Å². The maximum absolute atomic E-state index is 13.2. The van der Waals surface area contributed by atoms with Crippen molar-refractivity contribution in [2.75, 3.05) is 32.6 Å². The number of aryl methyl sites for hydroxylation is 2. The summed E-state index contributed by atoms with van der Waals surface area (Å²) in [5.41, 5.74) is 4.10. The van der Waals surface area contributed by atoms with Crippen molar-refractivity contribution in [3.8, 4) is 11.5 Å². The highest BCUT2D eigenvalue weighted by atomic mass is 32.1. The van der Waals surface area contributed by atoms with Gasteiger partial charge in [0.05, 0.1) is 14.2 Å². The van der Waals surface area contributed by atoms with E-state index in [-0.39, 0.29) is 6.03 Å². The van der Waals surface area contributed by atoms with Crippen molar-refractivity contribution in [3.63, 3.8) is 0 Å². The number of hydrazine groups is 1. The number of ether oxygens (including phenoxy) is 2. The summed E-state index contributed by atoms with van der Waals surface area (Å²) in [6, 6.07) is 11.7. The van der Waals surface area contributed by atoms with Crippen LogP contribution in [0.5, 0.6) is 11.5 Å². The Bertz CT molecular complexity index is 944. The van der Waals surface area contributed by atoms with Gasteiger partial charge in [0, 0.05) is 30.9 Å². The normalized spacial score (nSPS) is 13.1. The van der Waals surface area contributed by atoms with Crippen LogP contribution in [0.3, 0.4) is 0 Å². The second kappa shape index (κ2) is 11.0. The molecule has 0 bridgehead atoms. The number of hydrogen-bond donors (Lipinski definition) is 2. The Morgan fingerprint density at radius 3 is 2.22 bits per heavy atom. The van der Waals surface area contributed by atoms with Crippen molar-refractivity contribution in [3.05, 3.63) is 53.1 Å². The van der Waals surface area contributed by atoms with E-state index in [0.717, 1.165) is 41.6 Å². The largest absolute Gasteiger partial charge is 0.493 e. The van der Waals surface area contributed by atoms with Crippen LogP contribution in [-0.2, 0) is 19.4 Å². The summed E-state index contributed by atoms with van der Waals surface area (Å²) in [4.78, 5) is 13.2. The highest BCUT2D eigenvalue weighted by Crippen LogP contribution is 2.30. The van der Waals surface area contributed by atoms with E-state index in [0.29, 0.717) is 36.2 Å². The second-order valence-electron chi connectivity index (χ2n) is 7.50. The van der Waals surface area contributed by atoms with Crippen molar-refractivity contribution in [2.45, 2.75) is 39.7 Å². The van der Waals surface area contributed by atoms with Crippen LogP contribution in [0.15, 0.2) is 36.4 Å². The molecule has 0 unspecified atom stereocenters.